The summed E-state index contributed by atoms with van der Waals surface area (Å²) in [4.78, 5) is 14.5. The molecule has 0 unspecified atom stereocenters. The van der Waals surface area contributed by atoms with Gasteiger partial charge in [0.2, 0.25) is 0 Å². The number of aryl methyl sites for hydroxylation is 1. The molecule has 1 saturated heterocycles. The van der Waals surface area contributed by atoms with E-state index in [0.29, 0.717) is 11.4 Å². The van der Waals surface area contributed by atoms with Gasteiger partial charge in [-0.25, -0.2) is 4.79 Å². The van der Waals surface area contributed by atoms with Gasteiger partial charge in [0.05, 0.1) is 19.0 Å². The highest BCUT2D eigenvalue weighted by atomic mass is 16.5. The van der Waals surface area contributed by atoms with Crippen LogP contribution >= 0.6 is 0 Å². The highest BCUT2D eigenvalue weighted by molar-refractivity contribution is 5.89. The van der Waals surface area contributed by atoms with E-state index >= 15 is 0 Å². The highest BCUT2D eigenvalue weighted by Crippen LogP contribution is 2.20. The monoisotopic (exact) mass is 329 g/mol. The number of anilines is 2. The maximum Gasteiger partial charge on any atom is 0.319 e. The lowest BCUT2D eigenvalue weighted by molar-refractivity contribution is 0.246. The van der Waals surface area contributed by atoms with Crippen LogP contribution in [0.5, 0.6) is 5.75 Å². The van der Waals surface area contributed by atoms with Gasteiger partial charge in [0.15, 0.2) is 0 Å². The number of hydrogen-bond acceptors (Lipinski definition) is 4. The van der Waals surface area contributed by atoms with Crippen LogP contribution in [-0.4, -0.2) is 42.1 Å². The molecule has 0 radical (unpaired) electrons. The van der Waals surface area contributed by atoms with Gasteiger partial charge in [-0.2, -0.15) is 5.10 Å². The Balaban J connectivity index is 1.55. The van der Waals surface area contributed by atoms with E-state index in [1.165, 1.54) is 0 Å². The van der Waals surface area contributed by atoms with Crippen LogP contribution in [0.15, 0.2) is 36.7 Å². The highest BCUT2D eigenvalue weighted by Gasteiger charge is 2.22. The summed E-state index contributed by atoms with van der Waals surface area (Å²) in [6.45, 7) is 1.78. The van der Waals surface area contributed by atoms with Crippen LogP contribution in [0.2, 0.25) is 0 Å². The molecular weight excluding hydrogens is 306 g/mol. The molecule has 2 amide bonds. The number of ether oxygens (including phenoxy) is 1. The quantitative estimate of drug-likeness (QED) is 0.902. The zero-order chi connectivity index (χ0) is 16.9. The molecule has 1 aliphatic rings. The third-order valence-electron chi connectivity index (χ3n) is 4.14. The molecule has 2 N–H and O–H groups in total. The van der Waals surface area contributed by atoms with Crippen molar-refractivity contribution in [2.45, 2.75) is 18.9 Å². The third kappa shape index (κ3) is 3.98. The van der Waals surface area contributed by atoms with Crippen molar-refractivity contribution in [3.05, 3.63) is 36.7 Å². The van der Waals surface area contributed by atoms with Crippen LogP contribution < -0.4 is 20.3 Å². The fraction of sp³-hybridized carbons (Fsp3) is 0.412. The molecule has 7 nitrogen and oxygen atoms in total. The maximum atomic E-state index is 12.2. The van der Waals surface area contributed by atoms with E-state index < -0.39 is 0 Å². The molecule has 0 saturated carbocycles. The van der Waals surface area contributed by atoms with Gasteiger partial charge < -0.3 is 20.3 Å². The van der Waals surface area contributed by atoms with Crippen LogP contribution in [0.3, 0.4) is 0 Å². The molecular formula is C17H23N5O2. The van der Waals surface area contributed by atoms with E-state index in [9.17, 15) is 4.79 Å². The second-order valence-electron chi connectivity index (χ2n) is 5.99. The van der Waals surface area contributed by atoms with Gasteiger partial charge in [0, 0.05) is 44.1 Å². The Kier molecular flexibility index (Phi) is 4.88. The molecule has 7 heteroatoms. The lowest BCUT2D eigenvalue weighted by Crippen LogP contribution is -2.48. The predicted octanol–water partition coefficient (Wildman–Crippen LogP) is 2.22. The number of aromatic nitrogens is 2. The van der Waals surface area contributed by atoms with Crippen molar-refractivity contribution >= 4 is 17.4 Å². The Bertz CT molecular complexity index is 700. The maximum absolute atomic E-state index is 12.2. The smallest absolute Gasteiger partial charge is 0.319 e. The molecule has 2 heterocycles. The van der Waals surface area contributed by atoms with Crippen molar-refractivity contribution in [2.24, 2.45) is 7.05 Å². The Hall–Kier alpha value is -2.70. The molecule has 1 aromatic heterocycles. The minimum Gasteiger partial charge on any atom is -0.497 e. The molecule has 1 atom stereocenters. The van der Waals surface area contributed by atoms with Crippen LogP contribution in [0.4, 0.5) is 16.2 Å². The summed E-state index contributed by atoms with van der Waals surface area (Å²) in [6.07, 6.45) is 5.87. The minimum absolute atomic E-state index is 0.115. The van der Waals surface area contributed by atoms with E-state index in [-0.39, 0.29) is 12.1 Å². The van der Waals surface area contributed by atoms with E-state index in [2.05, 4.69) is 20.6 Å². The first-order valence-corrected chi connectivity index (χ1v) is 8.09. The summed E-state index contributed by atoms with van der Waals surface area (Å²) in [5, 5.41) is 10.1. The average Bonchev–Trinajstić information content (AvgIpc) is 3.02. The molecule has 1 aromatic carbocycles. The Labute approximate surface area is 141 Å². The lowest BCUT2D eigenvalue weighted by atomic mass is 10.1. The van der Waals surface area contributed by atoms with Crippen LogP contribution in [0, 0.1) is 0 Å². The zero-order valence-electron chi connectivity index (χ0n) is 14.0. The number of nitrogens with one attached hydrogen (secondary N) is 2. The molecule has 2 aromatic rings. The van der Waals surface area contributed by atoms with Crippen LogP contribution in [0.1, 0.15) is 12.8 Å². The van der Waals surface area contributed by atoms with E-state index in [4.69, 9.17) is 4.74 Å². The van der Waals surface area contributed by atoms with Crippen molar-refractivity contribution in [3.8, 4) is 5.75 Å². The van der Waals surface area contributed by atoms with Crippen LogP contribution in [-0.2, 0) is 7.05 Å². The van der Waals surface area contributed by atoms with Crippen LogP contribution in [0.25, 0.3) is 0 Å². The Morgan fingerprint density at radius 2 is 2.29 bits per heavy atom. The largest absolute Gasteiger partial charge is 0.497 e. The topological polar surface area (TPSA) is 71.4 Å². The SMILES string of the molecule is COc1cccc(NC(=O)N[C@H]2CCCN(c3cnn(C)c3)C2)c1. The summed E-state index contributed by atoms with van der Waals surface area (Å²) in [5.41, 5.74) is 1.81. The van der Waals surface area contributed by atoms with Crippen molar-refractivity contribution in [3.63, 3.8) is 0 Å². The summed E-state index contributed by atoms with van der Waals surface area (Å²) < 4.78 is 6.96. The third-order valence-corrected chi connectivity index (χ3v) is 4.14. The zero-order valence-corrected chi connectivity index (χ0v) is 14.0. The first-order chi connectivity index (χ1) is 11.6. The van der Waals surface area contributed by atoms with Gasteiger partial charge in [-0.05, 0) is 25.0 Å². The summed E-state index contributed by atoms with van der Waals surface area (Å²) in [6, 6.07) is 7.24. The number of benzene rings is 1. The van der Waals surface area contributed by atoms with Gasteiger partial charge in [-0.1, -0.05) is 6.07 Å². The second-order valence-corrected chi connectivity index (χ2v) is 5.99. The van der Waals surface area contributed by atoms with Crippen molar-refractivity contribution in [2.75, 3.05) is 30.4 Å². The van der Waals surface area contributed by atoms with Gasteiger partial charge in [-0.15, -0.1) is 0 Å². The van der Waals surface area contributed by atoms with E-state index in [1.807, 2.05) is 37.6 Å². The average molecular weight is 329 g/mol. The summed E-state index contributed by atoms with van der Waals surface area (Å²) in [5.74, 6) is 0.716. The fourth-order valence-electron chi connectivity index (χ4n) is 2.95. The fourth-order valence-corrected chi connectivity index (χ4v) is 2.95. The summed E-state index contributed by atoms with van der Waals surface area (Å²) >= 11 is 0. The van der Waals surface area contributed by atoms with E-state index in [0.717, 1.165) is 31.6 Å². The normalized spacial score (nSPS) is 17.4. The molecule has 24 heavy (non-hydrogen) atoms. The molecule has 0 aliphatic carbocycles. The number of carbonyl (C=O) groups excluding carboxylic acids is 1. The van der Waals surface area contributed by atoms with Gasteiger partial charge in [-0.3, -0.25) is 4.68 Å². The van der Waals surface area contributed by atoms with Gasteiger partial charge in [0.25, 0.3) is 0 Å². The predicted molar refractivity (Wildman–Crippen MR) is 93.6 cm³/mol. The first-order valence-electron chi connectivity index (χ1n) is 8.09. The number of piperidine rings is 1. The first kappa shape index (κ1) is 16.2. The van der Waals surface area contributed by atoms with Gasteiger partial charge in [0.1, 0.15) is 5.75 Å². The second kappa shape index (κ2) is 7.25. The summed E-state index contributed by atoms with van der Waals surface area (Å²) in [7, 11) is 3.51. The number of urea groups is 1. The standard InChI is InChI=1S/C17H23N5O2/c1-21-12-15(10-18-21)22-8-4-6-14(11-22)20-17(23)19-13-5-3-7-16(9-13)24-2/h3,5,7,9-10,12,14H,4,6,8,11H2,1-2H3,(H2,19,20,23)/t14-/m0/s1. The molecule has 3 rings (SSSR count). The molecule has 1 fully saturated rings. The number of hydrogen-bond donors (Lipinski definition) is 2. The number of rotatable bonds is 4. The Morgan fingerprint density at radius 3 is 3.04 bits per heavy atom. The minimum atomic E-state index is -0.193. The van der Waals surface area contributed by atoms with Crippen molar-refractivity contribution in [1.82, 2.24) is 15.1 Å². The Morgan fingerprint density at radius 1 is 1.42 bits per heavy atom. The van der Waals surface area contributed by atoms with Crippen molar-refractivity contribution in [1.29, 1.82) is 0 Å². The van der Waals surface area contributed by atoms with E-state index in [1.54, 1.807) is 17.9 Å². The molecule has 0 bridgehead atoms. The molecule has 1 aliphatic heterocycles. The number of amides is 2. The molecule has 128 valence electrons. The van der Waals surface area contributed by atoms with Crippen molar-refractivity contribution < 1.29 is 9.53 Å². The number of carbonyl (C=O) groups is 1. The lowest BCUT2D eigenvalue weighted by Gasteiger charge is -2.33. The number of methoxy groups -OCH3 is 1. The molecule has 0 spiro atoms. The van der Waals surface area contributed by atoms with Gasteiger partial charge >= 0.3 is 6.03 Å². The number of nitrogens with zero attached hydrogens (tertiary/aromatic N) is 3.